The van der Waals surface area contributed by atoms with E-state index in [-0.39, 0.29) is 5.91 Å². The van der Waals surface area contributed by atoms with Gasteiger partial charge in [0.1, 0.15) is 0 Å². The van der Waals surface area contributed by atoms with Crippen molar-refractivity contribution in [1.29, 1.82) is 0 Å². The number of nitrogens with one attached hydrogen (secondary N) is 1. The monoisotopic (exact) mass is 457 g/mol. The number of carbonyl (C=O) groups excluding carboxylic acids is 1. The quantitative estimate of drug-likeness (QED) is 0.547. The van der Waals surface area contributed by atoms with Crippen molar-refractivity contribution in [2.45, 2.75) is 39.5 Å². The van der Waals surface area contributed by atoms with E-state index < -0.39 is 0 Å². The number of rotatable bonds is 7. The van der Waals surface area contributed by atoms with Gasteiger partial charge in [-0.3, -0.25) is 9.69 Å². The molecule has 0 atom stereocenters. The first-order valence-electron chi connectivity index (χ1n) is 12.6. The van der Waals surface area contributed by atoms with Crippen LogP contribution in [0.15, 0.2) is 48.5 Å². The lowest BCUT2D eigenvalue weighted by atomic mass is 10.2. The first-order valence-corrected chi connectivity index (χ1v) is 12.6. The number of hydrogen-bond acceptors (Lipinski definition) is 4. The lowest BCUT2D eigenvalue weighted by Crippen LogP contribution is -2.47. The highest BCUT2D eigenvalue weighted by molar-refractivity contribution is 5.94. The SMILES string of the molecule is Cc1ccc(-n2nc(C(=O)NCCCN3CCN(c4cccc(C)c4)CC3)c3c2CCC3)cc1. The van der Waals surface area contributed by atoms with Gasteiger partial charge in [-0.05, 0) is 75.9 Å². The minimum absolute atomic E-state index is 0.0340. The average molecular weight is 458 g/mol. The number of anilines is 1. The molecule has 2 aromatic carbocycles. The predicted octanol–water partition coefficient (Wildman–Crippen LogP) is 3.92. The highest BCUT2D eigenvalue weighted by atomic mass is 16.1. The van der Waals surface area contributed by atoms with Gasteiger partial charge in [-0.2, -0.15) is 5.10 Å². The standard InChI is InChI=1S/C28H35N5O/c1-21-10-12-23(13-11-21)33-26-9-4-8-25(26)27(30-33)28(34)29-14-5-15-31-16-18-32(19-17-31)24-7-3-6-22(2)20-24/h3,6-7,10-13,20H,4-5,8-9,14-19H2,1-2H3,(H,29,34). The Hall–Kier alpha value is -3.12. The van der Waals surface area contributed by atoms with Crippen molar-refractivity contribution < 1.29 is 4.79 Å². The fourth-order valence-corrected chi connectivity index (χ4v) is 5.16. The van der Waals surface area contributed by atoms with Gasteiger partial charge in [0.05, 0.1) is 5.69 Å². The molecule has 0 spiro atoms. The van der Waals surface area contributed by atoms with Gasteiger partial charge in [0, 0.05) is 49.7 Å². The van der Waals surface area contributed by atoms with Crippen molar-refractivity contribution in [2.75, 3.05) is 44.2 Å². The maximum atomic E-state index is 13.0. The lowest BCUT2D eigenvalue weighted by Gasteiger charge is -2.36. The normalized spacial score (nSPS) is 16.0. The number of amides is 1. The predicted molar refractivity (Wildman–Crippen MR) is 137 cm³/mol. The van der Waals surface area contributed by atoms with E-state index in [9.17, 15) is 4.79 Å². The zero-order chi connectivity index (χ0) is 23.5. The van der Waals surface area contributed by atoms with Crippen LogP contribution in [0.5, 0.6) is 0 Å². The third kappa shape index (κ3) is 4.87. The van der Waals surface area contributed by atoms with Crippen LogP contribution in [0.3, 0.4) is 0 Å². The number of fused-ring (bicyclic) bond motifs is 1. The molecule has 1 aliphatic carbocycles. The van der Waals surface area contributed by atoms with Crippen molar-refractivity contribution >= 4 is 11.6 Å². The topological polar surface area (TPSA) is 53.4 Å². The minimum atomic E-state index is -0.0340. The third-order valence-corrected chi connectivity index (χ3v) is 7.10. The van der Waals surface area contributed by atoms with E-state index in [1.54, 1.807) is 0 Å². The van der Waals surface area contributed by atoms with E-state index in [0.717, 1.165) is 69.7 Å². The molecule has 34 heavy (non-hydrogen) atoms. The molecule has 1 N–H and O–H groups in total. The average Bonchev–Trinajstić information content (AvgIpc) is 3.46. The summed E-state index contributed by atoms with van der Waals surface area (Å²) in [6.07, 6.45) is 3.97. The first-order chi connectivity index (χ1) is 16.6. The van der Waals surface area contributed by atoms with Gasteiger partial charge in [0.25, 0.3) is 5.91 Å². The Morgan fingerprint density at radius 3 is 2.50 bits per heavy atom. The number of aryl methyl sites for hydroxylation is 2. The summed E-state index contributed by atoms with van der Waals surface area (Å²) >= 11 is 0. The van der Waals surface area contributed by atoms with Gasteiger partial charge < -0.3 is 10.2 Å². The van der Waals surface area contributed by atoms with Gasteiger partial charge in [-0.15, -0.1) is 0 Å². The fraction of sp³-hybridized carbons (Fsp3) is 0.429. The first kappa shape index (κ1) is 22.7. The maximum absolute atomic E-state index is 13.0. The number of carbonyl (C=O) groups is 1. The van der Waals surface area contributed by atoms with Crippen LogP contribution in [0.25, 0.3) is 5.69 Å². The molecule has 2 heterocycles. The van der Waals surface area contributed by atoms with Crippen molar-refractivity contribution in [3.05, 3.63) is 76.6 Å². The van der Waals surface area contributed by atoms with Crippen molar-refractivity contribution in [3.63, 3.8) is 0 Å². The molecule has 178 valence electrons. The second-order valence-corrected chi connectivity index (χ2v) is 9.65. The Morgan fingerprint density at radius 1 is 0.941 bits per heavy atom. The Balaban J connectivity index is 1.11. The zero-order valence-corrected chi connectivity index (χ0v) is 20.4. The van der Waals surface area contributed by atoms with E-state index >= 15 is 0 Å². The minimum Gasteiger partial charge on any atom is -0.369 e. The van der Waals surface area contributed by atoms with Crippen LogP contribution in [0.2, 0.25) is 0 Å². The molecule has 1 amide bonds. The lowest BCUT2D eigenvalue weighted by molar-refractivity contribution is 0.0945. The van der Waals surface area contributed by atoms with Crippen molar-refractivity contribution in [1.82, 2.24) is 20.0 Å². The van der Waals surface area contributed by atoms with Gasteiger partial charge in [-0.25, -0.2) is 4.68 Å². The molecular formula is C28H35N5O. The molecule has 0 saturated carbocycles. The number of benzene rings is 2. The molecular weight excluding hydrogens is 422 g/mol. The van der Waals surface area contributed by atoms with Crippen molar-refractivity contribution in [2.24, 2.45) is 0 Å². The summed E-state index contributed by atoms with van der Waals surface area (Å²) in [5.74, 6) is -0.0340. The summed E-state index contributed by atoms with van der Waals surface area (Å²) in [7, 11) is 0. The van der Waals surface area contributed by atoms with E-state index in [1.807, 2.05) is 4.68 Å². The highest BCUT2D eigenvalue weighted by Crippen LogP contribution is 2.28. The van der Waals surface area contributed by atoms with Crippen LogP contribution in [-0.4, -0.2) is 59.9 Å². The van der Waals surface area contributed by atoms with Gasteiger partial charge >= 0.3 is 0 Å². The molecule has 0 radical (unpaired) electrons. The molecule has 1 fully saturated rings. The van der Waals surface area contributed by atoms with Gasteiger partial charge in [0.15, 0.2) is 5.69 Å². The Morgan fingerprint density at radius 2 is 1.74 bits per heavy atom. The fourth-order valence-electron chi connectivity index (χ4n) is 5.16. The number of nitrogens with zero attached hydrogens (tertiary/aromatic N) is 4. The summed E-state index contributed by atoms with van der Waals surface area (Å²) in [4.78, 5) is 17.9. The van der Waals surface area contributed by atoms with Gasteiger partial charge in [-0.1, -0.05) is 29.8 Å². The van der Waals surface area contributed by atoms with Crippen LogP contribution in [0.4, 0.5) is 5.69 Å². The molecule has 2 aliphatic rings. The van der Waals surface area contributed by atoms with Crippen molar-refractivity contribution in [3.8, 4) is 5.69 Å². The largest absolute Gasteiger partial charge is 0.369 e. The van der Waals surface area contributed by atoms with Crippen LogP contribution < -0.4 is 10.2 Å². The second kappa shape index (κ2) is 10.0. The van der Waals surface area contributed by atoms with E-state index in [0.29, 0.717) is 12.2 Å². The molecule has 1 aliphatic heterocycles. The van der Waals surface area contributed by atoms with Crippen LogP contribution in [0.1, 0.15) is 45.7 Å². The summed E-state index contributed by atoms with van der Waals surface area (Å²) in [5, 5.41) is 7.86. The van der Waals surface area contributed by atoms with E-state index in [2.05, 4.69) is 77.5 Å². The molecule has 0 bridgehead atoms. The number of hydrogen-bond donors (Lipinski definition) is 1. The van der Waals surface area contributed by atoms with Crippen LogP contribution >= 0.6 is 0 Å². The van der Waals surface area contributed by atoms with Crippen LogP contribution in [0, 0.1) is 13.8 Å². The van der Waals surface area contributed by atoms with E-state index in [4.69, 9.17) is 5.10 Å². The summed E-state index contributed by atoms with van der Waals surface area (Å²) in [6, 6.07) is 17.1. The molecule has 5 rings (SSSR count). The summed E-state index contributed by atoms with van der Waals surface area (Å²) < 4.78 is 1.98. The Bertz CT molecular complexity index is 1140. The zero-order valence-electron chi connectivity index (χ0n) is 20.4. The highest BCUT2D eigenvalue weighted by Gasteiger charge is 2.27. The van der Waals surface area contributed by atoms with Gasteiger partial charge in [0.2, 0.25) is 0 Å². The molecule has 6 nitrogen and oxygen atoms in total. The molecule has 1 aromatic heterocycles. The smallest absolute Gasteiger partial charge is 0.272 e. The summed E-state index contributed by atoms with van der Waals surface area (Å²) in [6.45, 7) is 10.2. The third-order valence-electron chi connectivity index (χ3n) is 7.10. The van der Waals surface area contributed by atoms with E-state index in [1.165, 1.54) is 22.5 Å². The molecule has 6 heteroatoms. The number of piperazine rings is 1. The number of aromatic nitrogens is 2. The molecule has 0 unspecified atom stereocenters. The Kier molecular flexibility index (Phi) is 6.68. The maximum Gasteiger partial charge on any atom is 0.272 e. The molecule has 1 saturated heterocycles. The second-order valence-electron chi connectivity index (χ2n) is 9.65. The van der Waals surface area contributed by atoms with Crippen LogP contribution in [-0.2, 0) is 12.8 Å². The summed E-state index contributed by atoms with van der Waals surface area (Å²) in [5.41, 5.74) is 7.83. The Labute approximate surface area is 202 Å². The molecule has 3 aromatic rings.